The fraction of sp³-hybridized carbons (Fsp3) is 0.300. The van der Waals surface area contributed by atoms with Gasteiger partial charge in [0, 0.05) is 24.7 Å². The van der Waals surface area contributed by atoms with Gasteiger partial charge < -0.3 is 14.6 Å². The summed E-state index contributed by atoms with van der Waals surface area (Å²) in [6.07, 6.45) is 2.23. The van der Waals surface area contributed by atoms with Crippen LogP contribution in [0.15, 0.2) is 59.2 Å². The van der Waals surface area contributed by atoms with Crippen molar-refractivity contribution in [2.24, 2.45) is 0 Å². The van der Waals surface area contributed by atoms with Crippen LogP contribution >= 0.6 is 0 Å². The molecule has 1 aromatic carbocycles. The lowest BCUT2D eigenvalue weighted by atomic mass is 10.1. The van der Waals surface area contributed by atoms with E-state index in [0.29, 0.717) is 24.7 Å². The summed E-state index contributed by atoms with van der Waals surface area (Å²) in [6, 6.07) is 15.4. The standard InChI is InChI=1S/C20H22N4O3S/c1-24(16-9-11-28(25,26)14-16)19-12-18(15-6-3-2-4-7-15)22-20(23-19)21-13-17-8-5-10-27-17/h2-8,10,12,16H,9,11,13-14H2,1H3,(H,21,22,23). The normalized spacial score (nSPS) is 18.1. The van der Waals surface area contributed by atoms with E-state index in [2.05, 4.69) is 15.3 Å². The minimum absolute atomic E-state index is 0.0820. The largest absolute Gasteiger partial charge is 0.467 e. The highest BCUT2D eigenvalue weighted by Gasteiger charge is 2.31. The van der Waals surface area contributed by atoms with Crippen molar-refractivity contribution < 1.29 is 12.8 Å². The molecule has 0 spiro atoms. The van der Waals surface area contributed by atoms with Crippen LogP contribution in [0.3, 0.4) is 0 Å². The van der Waals surface area contributed by atoms with Crippen LogP contribution in [0.4, 0.5) is 11.8 Å². The van der Waals surface area contributed by atoms with Gasteiger partial charge in [-0.05, 0) is 18.6 Å². The van der Waals surface area contributed by atoms with E-state index in [1.165, 1.54) is 0 Å². The SMILES string of the molecule is CN(c1cc(-c2ccccc2)nc(NCc2ccco2)n1)C1CCS(=O)(=O)C1. The van der Waals surface area contributed by atoms with Crippen LogP contribution in [0.2, 0.25) is 0 Å². The quantitative estimate of drug-likeness (QED) is 0.683. The third kappa shape index (κ3) is 4.17. The van der Waals surface area contributed by atoms with E-state index >= 15 is 0 Å². The first-order chi connectivity index (χ1) is 13.5. The predicted molar refractivity (Wildman–Crippen MR) is 109 cm³/mol. The fourth-order valence-electron chi connectivity index (χ4n) is 3.30. The Balaban J connectivity index is 1.65. The number of sulfone groups is 1. The average Bonchev–Trinajstić information content (AvgIpc) is 3.35. The molecule has 1 aliphatic rings. The van der Waals surface area contributed by atoms with Crippen molar-refractivity contribution in [3.8, 4) is 11.3 Å². The maximum absolute atomic E-state index is 11.9. The van der Waals surface area contributed by atoms with Gasteiger partial charge in [0.05, 0.1) is 30.0 Å². The van der Waals surface area contributed by atoms with Crippen LogP contribution in [0.5, 0.6) is 0 Å². The van der Waals surface area contributed by atoms with Crippen LogP contribution < -0.4 is 10.2 Å². The van der Waals surface area contributed by atoms with E-state index in [1.807, 2.05) is 60.5 Å². The van der Waals surface area contributed by atoms with Crippen molar-refractivity contribution in [2.45, 2.75) is 19.0 Å². The van der Waals surface area contributed by atoms with Crippen molar-refractivity contribution in [1.29, 1.82) is 0 Å². The number of anilines is 2. The number of nitrogens with one attached hydrogen (secondary N) is 1. The predicted octanol–water partition coefficient (Wildman–Crippen LogP) is 2.97. The van der Waals surface area contributed by atoms with Crippen LogP contribution in [0, 0.1) is 0 Å². The molecule has 1 fully saturated rings. The monoisotopic (exact) mass is 398 g/mol. The van der Waals surface area contributed by atoms with Crippen LogP contribution in [-0.2, 0) is 16.4 Å². The summed E-state index contributed by atoms with van der Waals surface area (Å²) in [5.41, 5.74) is 1.75. The van der Waals surface area contributed by atoms with Gasteiger partial charge in [-0.2, -0.15) is 4.98 Å². The summed E-state index contributed by atoms with van der Waals surface area (Å²) in [4.78, 5) is 11.2. The molecule has 1 unspecified atom stereocenters. The second-order valence-electron chi connectivity index (χ2n) is 6.90. The van der Waals surface area contributed by atoms with E-state index in [4.69, 9.17) is 4.42 Å². The number of hydrogen-bond donors (Lipinski definition) is 1. The zero-order chi connectivity index (χ0) is 19.6. The average molecular weight is 398 g/mol. The second-order valence-corrected chi connectivity index (χ2v) is 9.13. The molecule has 146 valence electrons. The maximum atomic E-state index is 11.9. The molecule has 28 heavy (non-hydrogen) atoms. The Morgan fingerprint density at radius 2 is 2.00 bits per heavy atom. The lowest BCUT2D eigenvalue weighted by Crippen LogP contribution is -2.33. The van der Waals surface area contributed by atoms with Crippen molar-refractivity contribution >= 4 is 21.6 Å². The Bertz CT molecular complexity index is 1040. The second kappa shape index (κ2) is 7.63. The Morgan fingerprint density at radius 3 is 2.68 bits per heavy atom. The van der Waals surface area contributed by atoms with Gasteiger partial charge in [0.15, 0.2) is 9.84 Å². The molecule has 0 aliphatic carbocycles. The zero-order valence-electron chi connectivity index (χ0n) is 15.6. The van der Waals surface area contributed by atoms with Crippen LogP contribution in [-0.4, -0.2) is 43.0 Å². The lowest BCUT2D eigenvalue weighted by molar-refractivity contribution is 0.517. The van der Waals surface area contributed by atoms with Crippen LogP contribution in [0.1, 0.15) is 12.2 Å². The van der Waals surface area contributed by atoms with Gasteiger partial charge in [-0.15, -0.1) is 0 Å². The fourth-order valence-corrected chi connectivity index (χ4v) is 5.07. The maximum Gasteiger partial charge on any atom is 0.225 e. The smallest absolute Gasteiger partial charge is 0.225 e. The number of hydrogen-bond acceptors (Lipinski definition) is 7. The first kappa shape index (κ1) is 18.5. The molecule has 1 aliphatic heterocycles. The molecule has 2 aromatic heterocycles. The molecule has 1 N–H and O–H groups in total. The van der Waals surface area contributed by atoms with Gasteiger partial charge in [0.25, 0.3) is 0 Å². The van der Waals surface area contributed by atoms with Gasteiger partial charge in [0.2, 0.25) is 5.95 Å². The molecule has 3 heterocycles. The Hall–Kier alpha value is -2.87. The van der Waals surface area contributed by atoms with E-state index in [-0.39, 0.29) is 17.5 Å². The number of furan rings is 1. The summed E-state index contributed by atoms with van der Waals surface area (Å²) >= 11 is 0. The Kier molecular flexibility index (Phi) is 5.04. The molecule has 0 bridgehead atoms. The summed E-state index contributed by atoms with van der Waals surface area (Å²) in [6.45, 7) is 0.464. The Labute approximate surface area is 164 Å². The third-order valence-electron chi connectivity index (χ3n) is 4.90. The summed E-state index contributed by atoms with van der Waals surface area (Å²) in [5.74, 6) is 2.33. The van der Waals surface area contributed by atoms with Gasteiger partial charge in [0.1, 0.15) is 11.6 Å². The summed E-state index contributed by atoms with van der Waals surface area (Å²) in [5, 5.41) is 3.20. The van der Waals surface area contributed by atoms with Gasteiger partial charge in [-0.1, -0.05) is 30.3 Å². The molecular weight excluding hydrogens is 376 g/mol. The highest BCUT2D eigenvalue weighted by molar-refractivity contribution is 7.91. The highest BCUT2D eigenvalue weighted by atomic mass is 32.2. The topological polar surface area (TPSA) is 88.3 Å². The lowest BCUT2D eigenvalue weighted by Gasteiger charge is -2.25. The molecule has 0 saturated carbocycles. The van der Waals surface area contributed by atoms with Crippen molar-refractivity contribution in [3.05, 3.63) is 60.6 Å². The number of rotatable bonds is 6. The van der Waals surface area contributed by atoms with Gasteiger partial charge in [-0.25, -0.2) is 13.4 Å². The number of benzene rings is 1. The van der Waals surface area contributed by atoms with Gasteiger partial charge in [-0.3, -0.25) is 0 Å². The molecule has 0 amide bonds. The Morgan fingerprint density at radius 1 is 1.18 bits per heavy atom. The molecule has 4 rings (SSSR count). The van der Waals surface area contributed by atoms with Crippen molar-refractivity contribution in [1.82, 2.24) is 9.97 Å². The van der Waals surface area contributed by atoms with E-state index < -0.39 is 9.84 Å². The van der Waals surface area contributed by atoms with Gasteiger partial charge >= 0.3 is 0 Å². The van der Waals surface area contributed by atoms with Crippen molar-refractivity contribution in [2.75, 3.05) is 28.8 Å². The minimum Gasteiger partial charge on any atom is -0.467 e. The van der Waals surface area contributed by atoms with E-state index in [9.17, 15) is 8.42 Å². The van der Waals surface area contributed by atoms with Crippen LogP contribution in [0.25, 0.3) is 11.3 Å². The zero-order valence-corrected chi connectivity index (χ0v) is 16.4. The van der Waals surface area contributed by atoms with E-state index in [0.717, 1.165) is 17.0 Å². The molecule has 0 radical (unpaired) electrons. The first-order valence-corrected chi connectivity index (χ1v) is 11.0. The summed E-state index contributed by atoms with van der Waals surface area (Å²) < 4.78 is 29.1. The molecule has 1 saturated heterocycles. The molecular formula is C20H22N4O3S. The minimum atomic E-state index is -2.97. The third-order valence-corrected chi connectivity index (χ3v) is 6.65. The van der Waals surface area contributed by atoms with Crippen molar-refractivity contribution in [3.63, 3.8) is 0 Å². The molecule has 8 heteroatoms. The highest BCUT2D eigenvalue weighted by Crippen LogP contribution is 2.27. The van der Waals surface area contributed by atoms with E-state index in [1.54, 1.807) is 6.26 Å². The molecule has 7 nitrogen and oxygen atoms in total. The summed E-state index contributed by atoms with van der Waals surface area (Å²) in [7, 11) is -1.09. The molecule has 3 aromatic rings. The molecule has 1 atom stereocenters. The number of nitrogens with zero attached hydrogens (tertiary/aromatic N) is 3. The number of aromatic nitrogens is 2. The first-order valence-electron chi connectivity index (χ1n) is 9.14.